The summed E-state index contributed by atoms with van der Waals surface area (Å²) in [5.74, 6) is -0.831. The molecule has 5 heterocycles. The van der Waals surface area contributed by atoms with Gasteiger partial charge in [0.05, 0.1) is 12.1 Å². The van der Waals surface area contributed by atoms with Gasteiger partial charge in [-0.05, 0) is 74.7 Å². The number of nitrogens with one attached hydrogen (secondary N) is 1. The Kier molecular flexibility index (Phi) is 7.93. The molecule has 1 aromatic heterocycles. The number of phenolic OH excluding ortho intramolecular Hbond substituents is 1. The second-order valence-electron chi connectivity index (χ2n) is 12.3. The largest absolute Gasteiger partial charge is 0.508 e. The molecule has 0 spiro atoms. The van der Waals surface area contributed by atoms with Gasteiger partial charge < -0.3 is 20.1 Å². The highest BCUT2D eigenvalue weighted by molar-refractivity contribution is 6.35. The van der Waals surface area contributed by atoms with Gasteiger partial charge >= 0.3 is 6.01 Å². The van der Waals surface area contributed by atoms with Gasteiger partial charge in [-0.2, -0.15) is 9.97 Å². The zero-order chi connectivity index (χ0) is 30.5. The summed E-state index contributed by atoms with van der Waals surface area (Å²) in [7, 11) is 1.43. The number of hydrogen-bond donors (Lipinski definition) is 2. The number of hydrogen-bond acceptors (Lipinski definition) is 7. The van der Waals surface area contributed by atoms with Crippen molar-refractivity contribution in [2.75, 3.05) is 38.2 Å². The summed E-state index contributed by atoms with van der Waals surface area (Å²) >= 11 is 6.67. The van der Waals surface area contributed by atoms with E-state index in [4.69, 9.17) is 16.3 Å². The summed E-state index contributed by atoms with van der Waals surface area (Å²) in [4.78, 5) is 13.3. The normalized spacial score (nSPS) is 24.8. The number of nitrogens with zero attached hydrogens (tertiary/aromatic N) is 4. The van der Waals surface area contributed by atoms with E-state index in [0.29, 0.717) is 41.3 Å². The van der Waals surface area contributed by atoms with Crippen LogP contribution in [0.4, 0.5) is 19.0 Å². The van der Waals surface area contributed by atoms with Gasteiger partial charge in [0.1, 0.15) is 29.1 Å². The van der Waals surface area contributed by atoms with Gasteiger partial charge in [0.25, 0.3) is 0 Å². The van der Waals surface area contributed by atoms with E-state index < -0.39 is 17.8 Å². The number of rotatable bonds is 3. The number of aromatic hydroxyl groups is 1. The van der Waals surface area contributed by atoms with Crippen LogP contribution in [0.5, 0.6) is 11.8 Å². The Hall–Kier alpha value is -3.34. The van der Waals surface area contributed by atoms with Crippen LogP contribution in [0.15, 0.2) is 36.4 Å². The minimum Gasteiger partial charge on any atom is -0.508 e. The number of ether oxygens (including phenoxy) is 1. The molecule has 4 aromatic rings. The summed E-state index contributed by atoms with van der Waals surface area (Å²) in [6.07, 6.45) is 6.00. The molecule has 0 radical (unpaired) electrons. The van der Waals surface area contributed by atoms with Gasteiger partial charge in [-0.25, -0.2) is 13.2 Å². The first-order valence-corrected chi connectivity index (χ1v) is 15.7. The standard InChI is InChI=1S/C26H23ClF2N4O2.C7H12FN/c1-35-26-31-24-18(25(32-26)33-8-7-14-5-6-15(12-33)30-14)11-19(27)22(23(24)29)17-10-16(34)9-13-3-2-4-20(28)21(13)17;8-6-4-7-2-1-3-9(7)5-6/h2-4,9-11,14-15,30,34H,5-8,12H2,1H3;6-7H,1-5H2/t14-,15?;/m0./s1. The van der Waals surface area contributed by atoms with Crippen molar-refractivity contribution in [3.8, 4) is 22.9 Å². The topological polar surface area (TPSA) is 73.8 Å². The molecule has 232 valence electrons. The van der Waals surface area contributed by atoms with Crippen molar-refractivity contribution in [3.05, 3.63) is 53.1 Å². The number of benzene rings is 3. The molecule has 0 amide bonds. The van der Waals surface area contributed by atoms with Crippen LogP contribution in [0.25, 0.3) is 32.8 Å². The fourth-order valence-electron chi connectivity index (χ4n) is 7.46. The first-order chi connectivity index (χ1) is 21.3. The lowest BCUT2D eigenvalue weighted by Gasteiger charge is -2.27. The Morgan fingerprint density at radius 3 is 2.68 bits per heavy atom. The number of alkyl halides is 1. The van der Waals surface area contributed by atoms with Crippen LogP contribution in [0, 0.1) is 11.6 Å². The van der Waals surface area contributed by atoms with E-state index in [9.17, 15) is 13.9 Å². The average Bonchev–Trinajstić information content (AvgIpc) is 3.67. The summed E-state index contributed by atoms with van der Waals surface area (Å²) in [5.41, 5.74) is 0.146. The maximum atomic E-state index is 16.2. The first kappa shape index (κ1) is 29.4. The van der Waals surface area contributed by atoms with Crippen LogP contribution < -0.4 is 15.0 Å². The van der Waals surface area contributed by atoms with E-state index in [1.165, 1.54) is 44.2 Å². The van der Waals surface area contributed by atoms with E-state index >= 15 is 4.39 Å². The quantitative estimate of drug-likeness (QED) is 0.265. The molecule has 4 fully saturated rings. The highest BCUT2D eigenvalue weighted by atomic mass is 35.5. The fraction of sp³-hybridized carbons (Fsp3) is 0.455. The second kappa shape index (κ2) is 11.9. The third-order valence-corrected chi connectivity index (χ3v) is 9.79. The summed E-state index contributed by atoms with van der Waals surface area (Å²) in [6, 6.07) is 10.3. The van der Waals surface area contributed by atoms with Crippen LogP contribution in [-0.2, 0) is 0 Å². The third kappa shape index (κ3) is 5.41. The number of methoxy groups -OCH3 is 1. The summed E-state index contributed by atoms with van der Waals surface area (Å²) in [5, 5.41) is 15.1. The van der Waals surface area contributed by atoms with Crippen molar-refractivity contribution in [3.63, 3.8) is 0 Å². The molecule has 0 saturated carbocycles. The van der Waals surface area contributed by atoms with Crippen molar-refractivity contribution in [2.45, 2.75) is 62.8 Å². The zero-order valence-corrected chi connectivity index (χ0v) is 25.3. The molecular weight excluding hydrogens is 591 g/mol. The third-order valence-electron chi connectivity index (χ3n) is 9.49. The number of anilines is 1. The van der Waals surface area contributed by atoms with Gasteiger partial charge in [-0.3, -0.25) is 4.90 Å². The average molecular weight is 626 g/mol. The summed E-state index contributed by atoms with van der Waals surface area (Å²) in [6.45, 7) is 3.34. The predicted molar refractivity (Wildman–Crippen MR) is 167 cm³/mol. The molecule has 4 aliphatic heterocycles. The lowest BCUT2D eigenvalue weighted by Crippen LogP contribution is -2.35. The molecule has 3 unspecified atom stereocenters. The maximum absolute atomic E-state index is 16.2. The number of phenols is 1. The summed E-state index contributed by atoms with van der Waals surface area (Å²) < 4.78 is 49.0. The van der Waals surface area contributed by atoms with Crippen LogP contribution >= 0.6 is 11.6 Å². The van der Waals surface area contributed by atoms with Crippen LogP contribution in [0.2, 0.25) is 5.02 Å². The molecule has 2 N–H and O–H groups in total. The molecule has 0 aliphatic carbocycles. The van der Waals surface area contributed by atoms with E-state index in [0.717, 1.165) is 45.3 Å². The predicted octanol–water partition coefficient (Wildman–Crippen LogP) is 6.62. The Morgan fingerprint density at radius 1 is 1.02 bits per heavy atom. The number of halogens is 4. The number of aromatic nitrogens is 2. The van der Waals surface area contributed by atoms with Gasteiger partial charge in [-0.15, -0.1) is 0 Å². The van der Waals surface area contributed by atoms with Gasteiger partial charge in [0, 0.05) is 59.7 Å². The Morgan fingerprint density at radius 2 is 1.86 bits per heavy atom. The molecule has 7 nitrogen and oxygen atoms in total. The van der Waals surface area contributed by atoms with E-state index in [1.807, 2.05) is 0 Å². The monoisotopic (exact) mass is 625 g/mol. The molecular formula is C33H35ClF3N5O2. The zero-order valence-electron chi connectivity index (χ0n) is 24.5. The van der Waals surface area contributed by atoms with E-state index in [2.05, 4.69) is 25.1 Å². The SMILES string of the molecule is COc1nc(N2CC[C@@H]3CCC(C2)N3)c2cc(Cl)c(-c3cc(O)cc4cccc(F)c34)c(F)c2n1.FC1CC2CCCN2C1. The highest BCUT2D eigenvalue weighted by Gasteiger charge is 2.35. The first-order valence-electron chi connectivity index (χ1n) is 15.3. The second-order valence-corrected chi connectivity index (χ2v) is 12.7. The molecule has 11 heteroatoms. The van der Waals surface area contributed by atoms with E-state index in [1.54, 1.807) is 12.1 Å². The van der Waals surface area contributed by atoms with Gasteiger partial charge in [0.2, 0.25) is 0 Å². The molecule has 44 heavy (non-hydrogen) atoms. The van der Waals surface area contributed by atoms with Crippen molar-refractivity contribution in [1.29, 1.82) is 0 Å². The van der Waals surface area contributed by atoms with Crippen molar-refractivity contribution >= 4 is 39.1 Å². The van der Waals surface area contributed by atoms with Gasteiger partial charge in [-0.1, -0.05) is 23.7 Å². The smallest absolute Gasteiger partial charge is 0.318 e. The van der Waals surface area contributed by atoms with Crippen LogP contribution in [0.3, 0.4) is 0 Å². The minimum atomic E-state index is -0.723. The maximum Gasteiger partial charge on any atom is 0.318 e. The molecule has 4 aliphatic rings. The van der Waals surface area contributed by atoms with Crippen molar-refractivity contribution in [1.82, 2.24) is 20.2 Å². The Labute approximate surface area is 259 Å². The van der Waals surface area contributed by atoms with Crippen LogP contribution in [-0.4, -0.2) is 77.6 Å². The molecule has 3 aromatic carbocycles. The van der Waals surface area contributed by atoms with Crippen molar-refractivity contribution < 1.29 is 23.0 Å². The minimum absolute atomic E-state index is 0.0291. The van der Waals surface area contributed by atoms with Crippen LogP contribution in [0.1, 0.15) is 38.5 Å². The van der Waals surface area contributed by atoms with Crippen molar-refractivity contribution in [2.24, 2.45) is 0 Å². The number of fused-ring (bicyclic) bond motifs is 5. The Balaban J connectivity index is 0.000000296. The molecule has 2 bridgehead atoms. The molecule has 4 saturated heterocycles. The highest BCUT2D eigenvalue weighted by Crippen LogP contribution is 2.43. The fourth-order valence-corrected chi connectivity index (χ4v) is 7.76. The lowest BCUT2D eigenvalue weighted by molar-refractivity contribution is 0.292. The molecule has 8 rings (SSSR count). The Bertz CT molecular complexity index is 1710. The van der Waals surface area contributed by atoms with E-state index in [-0.39, 0.29) is 38.8 Å². The lowest BCUT2D eigenvalue weighted by atomic mass is 9.95. The van der Waals surface area contributed by atoms with Gasteiger partial charge in [0.15, 0.2) is 5.82 Å². The molecule has 4 atom stereocenters.